The normalized spacial score (nSPS) is 18.6. The molecule has 1 fully saturated rings. The van der Waals surface area contributed by atoms with Crippen LogP contribution in [0.25, 0.3) is 5.69 Å². The topological polar surface area (TPSA) is 99.0 Å². The maximum Gasteiger partial charge on any atom is 0.435 e. The van der Waals surface area contributed by atoms with E-state index in [4.69, 9.17) is 11.5 Å². The summed E-state index contributed by atoms with van der Waals surface area (Å²) in [4.78, 5) is 13.4. The average Bonchev–Trinajstić information content (AvgIpc) is 3.66. The molecule has 0 radical (unpaired) electrons. The number of anilines is 1. The maximum absolute atomic E-state index is 15.1. The Balaban J connectivity index is 1.50. The van der Waals surface area contributed by atoms with Gasteiger partial charge in [0.1, 0.15) is 11.5 Å². The molecule has 216 valence electrons. The molecule has 10 heteroatoms. The van der Waals surface area contributed by atoms with Gasteiger partial charge < -0.3 is 16.8 Å². The van der Waals surface area contributed by atoms with E-state index in [1.54, 1.807) is 24.3 Å². The summed E-state index contributed by atoms with van der Waals surface area (Å²) in [7, 11) is 0. The zero-order valence-electron chi connectivity index (χ0n) is 22.7. The molecule has 1 aromatic heterocycles. The molecule has 2 unspecified atom stereocenters. The van der Waals surface area contributed by atoms with Gasteiger partial charge in [0.05, 0.1) is 16.9 Å². The Hall–Kier alpha value is -3.76. The second kappa shape index (κ2) is 11.3. The highest BCUT2D eigenvalue weighted by Crippen LogP contribution is 2.43. The van der Waals surface area contributed by atoms with E-state index in [2.05, 4.69) is 23.4 Å². The van der Waals surface area contributed by atoms with E-state index in [0.29, 0.717) is 35.4 Å². The van der Waals surface area contributed by atoms with Crippen LogP contribution in [0.3, 0.4) is 0 Å². The van der Waals surface area contributed by atoms with Crippen LogP contribution in [0.5, 0.6) is 0 Å². The molecule has 0 spiro atoms. The predicted molar refractivity (Wildman–Crippen MR) is 150 cm³/mol. The first-order chi connectivity index (χ1) is 19.5. The predicted octanol–water partition coefficient (Wildman–Crippen LogP) is 6.61. The van der Waals surface area contributed by atoms with Crippen molar-refractivity contribution in [2.24, 2.45) is 23.3 Å². The van der Waals surface area contributed by atoms with E-state index >= 15 is 4.39 Å². The lowest BCUT2D eigenvalue weighted by atomic mass is 9.74. The minimum atomic E-state index is -4.79. The molecule has 2 aliphatic rings. The van der Waals surface area contributed by atoms with Gasteiger partial charge in [0.25, 0.3) is 5.91 Å². The van der Waals surface area contributed by atoms with Gasteiger partial charge in [-0.05, 0) is 72.1 Å². The number of carbonyl (C=O) groups is 1. The van der Waals surface area contributed by atoms with E-state index in [0.717, 1.165) is 35.9 Å². The van der Waals surface area contributed by atoms with Crippen molar-refractivity contribution in [1.29, 1.82) is 0 Å². The summed E-state index contributed by atoms with van der Waals surface area (Å²) in [6.45, 7) is 2.25. The molecule has 1 saturated carbocycles. The number of nitrogens with zero attached hydrogens (tertiary/aromatic N) is 2. The van der Waals surface area contributed by atoms with Gasteiger partial charge in [-0.1, -0.05) is 56.2 Å². The zero-order chi connectivity index (χ0) is 29.4. The Labute approximate surface area is 236 Å². The van der Waals surface area contributed by atoms with Crippen LogP contribution in [0.1, 0.15) is 66.3 Å². The van der Waals surface area contributed by atoms with Gasteiger partial charge in [-0.25, -0.2) is 9.07 Å². The van der Waals surface area contributed by atoms with E-state index in [-0.39, 0.29) is 17.9 Å². The number of rotatable bonds is 9. The van der Waals surface area contributed by atoms with Crippen LogP contribution in [0.2, 0.25) is 0 Å². The molecule has 5 rings (SSSR count). The van der Waals surface area contributed by atoms with Gasteiger partial charge in [-0.15, -0.1) is 0 Å². The summed E-state index contributed by atoms with van der Waals surface area (Å²) >= 11 is 0. The van der Waals surface area contributed by atoms with Crippen molar-refractivity contribution < 1.29 is 22.4 Å². The molecule has 3 aromatic rings. The van der Waals surface area contributed by atoms with Crippen molar-refractivity contribution in [3.63, 3.8) is 0 Å². The quantitative estimate of drug-likeness (QED) is 0.254. The van der Waals surface area contributed by atoms with Crippen molar-refractivity contribution in [3.8, 4) is 5.69 Å². The minimum absolute atomic E-state index is 0.146. The third kappa shape index (κ3) is 6.28. The van der Waals surface area contributed by atoms with Crippen LogP contribution in [0.4, 0.5) is 23.2 Å². The molecule has 6 nitrogen and oxygen atoms in total. The molecular weight excluding hydrogens is 534 g/mol. The van der Waals surface area contributed by atoms with E-state index in [1.807, 2.05) is 12.2 Å². The van der Waals surface area contributed by atoms with Gasteiger partial charge in [0.15, 0.2) is 5.69 Å². The van der Waals surface area contributed by atoms with Crippen LogP contribution in [-0.4, -0.2) is 15.7 Å². The number of amides is 1. The molecule has 1 amide bonds. The van der Waals surface area contributed by atoms with Crippen LogP contribution in [-0.2, 0) is 18.3 Å². The molecule has 5 N–H and O–H groups in total. The lowest BCUT2D eigenvalue weighted by Gasteiger charge is -2.36. The summed E-state index contributed by atoms with van der Waals surface area (Å²) in [6, 6.07) is 11.4. The van der Waals surface area contributed by atoms with E-state index in [1.165, 1.54) is 18.2 Å². The summed E-state index contributed by atoms with van der Waals surface area (Å²) in [5, 5.41) is 6.12. The summed E-state index contributed by atoms with van der Waals surface area (Å²) in [5.74, 6) is -0.768. The van der Waals surface area contributed by atoms with Gasteiger partial charge in [-0.2, -0.15) is 18.3 Å². The Morgan fingerprint density at radius 3 is 2.61 bits per heavy atom. The Morgan fingerprint density at radius 1 is 1.15 bits per heavy atom. The summed E-state index contributed by atoms with van der Waals surface area (Å²) in [6.07, 6.45) is 5.94. The molecule has 41 heavy (non-hydrogen) atoms. The first-order valence-corrected chi connectivity index (χ1v) is 13.7. The molecule has 2 aromatic carbocycles. The fourth-order valence-corrected chi connectivity index (χ4v) is 5.28. The lowest BCUT2D eigenvalue weighted by molar-refractivity contribution is -0.141. The maximum atomic E-state index is 15.1. The van der Waals surface area contributed by atoms with Crippen molar-refractivity contribution in [3.05, 3.63) is 101 Å². The number of aromatic nitrogens is 2. The number of alkyl halides is 3. The van der Waals surface area contributed by atoms with Crippen LogP contribution >= 0.6 is 0 Å². The highest BCUT2D eigenvalue weighted by Gasteiger charge is 2.37. The third-order valence-corrected chi connectivity index (χ3v) is 7.85. The largest absolute Gasteiger partial charge is 0.435 e. The number of hydrogen-bond acceptors (Lipinski definition) is 4. The lowest BCUT2D eigenvalue weighted by Crippen LogP contribution is -2.40. The SMILES string of the molecule is CC1C=CC=C(C(N)(CCC2CC2)c2ccc(F)c(NC(=O)c3cc(C(F)(F)F)nn3-c3cccc(CN)c3)c2)C1. The molecule has 2 atom stereocenters. The highest BCUT2D eigenvalue weighted by molar-refractivity contribution is 6.03. The second-order valence-corrected chi connectivity index (χ2v) is 11.1. The van der Waals surface area contributed by atoms with E-state index in [9.17, 15) is 18.0 Å². The number of carbonyl (C=O) groups excluding carboxylic acids is 1. The molecule has 0 bridgehead atoms. The first kappa shape index (κ1) is 28.8. The molecule has 1 heterocycles. The smallest absolute Gasteiger partial charge is 0.326 e. The standard InChI is InChI=1S/C31H33F4N5O/c1-19-4-2-6-22(14-19)30(37,13-12-20-8-9-20)23-10-11-25(32)26(16-23)38-29(41)27-17-28(31(33,34)35)39-40(27)24-7-3-5-21(15-24)18-36/h2-7,10-11,15-17,19-20H,8-9,12-14,18,36-37H2,1H3,(H,38,41). The Kier molecular flexibility index (Phi) is 7.89. The van der Waals surface area contributed by atoms with Crippen LogP contribution in [0.15, 0.2) is 72.3 Å². The Morgan fingerprint density at radius 2 is 1.93 bits per heavy atom. The van der Waals surface area contributed by atoms with Gasteiger partial charge in [0.2, 0.25) is 0 Å². The highest BCUT2D eigenvalue weighted by atomic mass is 19.4. The molecule has 0 aliphatic heterocycles. The minimum Gasteiger partial charge on any atom is -0.326 e. The molecule has 0 saturated heterocycles. The average molecular weight is 568 g/mol. The van der Waals surface area contributed by atoms with Gasteiger partial charge in [0, 0.05) is 12.6 Å². The summed E-state index contributed by atoms with van der Waals surface area (Å²) in [5.41, 5.74) is 12.6. The van der Waals surface area contributed by atoms with Crippen molar-refractivity contribution in [2.75, 3.05) is 5.32 Å². The fourth-order valence-electron chi connectivity index (χ4n) is 5.28. The number of nitrogens with two attached hydrogens (primary N) is 2. The van der Waals surface area contributed by atoms with Crippen molar-refractivity contribution in [2.45, 2.75) is 57.3 Å². The van der Waals surface area contributed by atoms with Crippen LogP contribution < -0.4 is 16.8 Å². The van der Waals surface area contributed by atoms with Crippen molar-refractivity contribution >= 4 is 11.6 Å². The second-order valence-electron chi connectivity index (χ2n) is 11.1. The monoisotopic (exact) mass is 567 g/mol. The third-order valence-electron chi connectivity index (χ3n) is 7.85. The fraction of sp³-hybridized carbons (Fsp3) is 0.355. The van der Waals surface area contributed by atoms with Crippen molar-refractivity contribution in [1.82, 2.24) is 9.78 Å². The molecular formula is C31H33F4N5O. The van der Waals surface area contributed by atoms with Gasteiger partial charge >= 0.3 is 6.18 Å². The zero-order valence-corrected chi connectivity index (χ0v) is 22.7. The van der Waals surface area contributed by atoms with Crippen LogP contribution in [0, 0.1) is 17.7 Å². The number of benzene rings is 2. The number of allylic oxidation sites excluding steroid dienone is 3. The number of nitrogens with one attached hydrogen (secondary N) is 1. The Bertz CT molecular complexity index is 1500. The number of hydrogen-bond donors (Lipinski definition) is 3. The van der Waals surface area contributed by atoms with Gasteiger partial charge in [-0.3, -0.25) is 4.79 Å². The summed E-state index contributed by atoms with van der Waals surface area (Å²) < 4.78 is 56.8. The number of halogens is 4. The first-order valence-electron chi connectivity index (χ1n) is 13.7. The van der Waals surface area contributed by atoms with E-state index < -0.39 is 34.8 Å². The molecule has 2 aliphatic carbocycles.